The highest BCUT2D eigenvalue weighted by atomic mass is 35.5. The molecule has 0 radical (unpaired) electrons. The average Bonchev–Trinajstić information content (AvgIpc) is 3.30. The summed E-state index contributed by atoms with van der Waals surface area (Å²) in [7, 11) is 0. The molecule has 0 spiro atoms. The molecule has 8 N–H and O–H groups in total. The first-order valence-corrected chi connectivity index (χ1v) is 23.0. The van der Waals surface area contributed by atoms with Crippen molar-refractivity contribution in [1.82, 2.24) is 10.6 Å². The number of benzene rings is 4. The number of amides is 4. The number of fused-ring (bicyclic) bond motifs is 4. The van der Waals surface area contributed by atoms with Crippen LogP contribution in [0.4, 0.5) is 22.7 Å². The molecule has 350 valence electrons. The van der Waals surface area contributed by atoms with E-state index in [9.17, 15) is 38.4 Å². The fourth-order valence-corrected chi connectivity index (χ4v) is 7.03. The van der Waals surface area contributed by atoms with Gasteiger partial charge in [-0.3, -0.25) is 38.4 Å². The number of hydrogen-bond acceptors (Lipinski definition) is 11. The minimum atomic E-state index is -0.355. The highest BCUT2D eigenvalue weighted by Crippen LogP contribution is 2.33. The summed E-state index contributed by atoms with van der Waals surface area (Å²) in [4.78, 5) is 99.8. The normalized spacial score (nSPS) is 11.9. The van der Waals surface area contributed by atoms with Crippen LogP contribution >= 0.6 is 23.2 Å². The molecule has 0 bridgehead atoms. The van der Waals surface area contributed by atoms with Gasteiger partial charge in [0.1, 0.15) is 0 Å². The topological polar surface area (TPSA) is 235 Å². The highest BCUT2D eigenvalue weighted by molar-refractivity contribution is 6.30. The Morgan fingerprint density at radius 3 is 0.909 bits per heavy atom. The van der Waals surface area contributed by atoms with Crippen LogP contribution in [0.5, 0.6) is 0 Å². The van der Waals surface area contributed by atoms with Gasteiger partial charge in [0.15, 0.2) is 23.1 Å². The third-order valence-electron chi connectivity index (χ3n) is 10.0. The van der Waals surface area contributed by atoms with E-state index in [0.29, 0.717) is 59.8 Å². The molecule has 0 atom stereocenters. The van der Waals surface area contributed by atoms with Crippen molar-refractivity contribution in [2.24, 2.45) is 5.73 Å². The van der Waals surface area contributed by atoms with Crippen molar-refractivity contribution in [3.05, 3.63) is 117 Å². The quantitative estimate of drug-likeness (QED) is 0.0320. The Morgan fingerprint density at radius 2 is 0.667 bits per heavy atom. The van der Waals surface area contributed by atoms with Gasteiger partial charge in [-0.25, -0.2) is 0 Å². The van der Waals surface area contributed by atoms with Crippen molar-refractivity contribution in [2.45, 2.75) is 65.7 Å². The van der Waals surface area contributed by atoms with Gasteiger partial charge in [-0.1, -0.05) is 20.8 Å². The van der Waals surface area contributed by atoms with E-state index >= 15 is 0 Å². The van der Waals surface area contributed by atoms with Crippen LogP contribution in [0.25, 0.3) is 0 Å². The third kappa shape index (κ3) is 14.7. The molecule has 15 nitrogen and oxygen atoms in total. The van der Waals surface area contributed by atoms with E-state index in [1.807, 2.05) is 0 Å². The summed E-state index contributed by atoms with van der Waals surface area (Å²) in [6.45, 7) is 9.82. The first kappa shape index (κ1) is 52.5. The van der Waals surface area contributed by atoms with Crippen LogP contribution in [0.2, 0.25) is 0 Å². The lowest BCUT2D eigenvalue weighted by molar-refractivity contribution is -0.116. The van der Waals surface area contributed by atoms with Crippen LogP contribution < -0.4 is 37.6 Å². The lowest BCUT2D eigenvalue weighted by Gasteiger charge is -2.19. The molecule has 6 rings (SSSR count). The maximum absolute atomic E-state index is 13.2. The molecule has 2 aliphatic carbocycles. The highest BCUT2D eigenvalue weighted by Gasteiger charge is 2.32. The molecule has 0 saturated carbocycles. The standard InChI is InChI=1S/C26H32N4O4.C20H16Cl2N2O4.C3H9N/c1-3-11-27-13-9-23(31)29-17-5-7-19-21(15-17)26(34)22-16-18(6-8-20(22)25(19)33)30-24(32)10-14-28-12-4-2;21-7-5-17(25)23-11-1-3-13-15(9-11)20(28)16-10-12(24-18(26)6-8-22)2-4-14(16)19(13)27;1-2-3-4/h5-8,15-16,27-28H,3-4,9-14H2,1-2H3,(H,29,31)(H,30,32);1-4,9-10H,5-8H2,(H,23,25)(H,24,26);2-4H2,1H3. The number of anilines is 4. The van der Waals surface area contributed by atoms with E-state index in [-0.39, 0.29) is 105 Å². The zero-order valence-corrected chi connectivity index (χ0v) is 38.9. The van der Waals surface area contributed by atoms with Crippen molar-refractivity contribution < 1.29 is 38.4 Å². The number of alkyl halides is 2. The van der Waals surface area contributed by atoms with Crippen LogP contribution in [0.15, 0.2) is 72.8 Å². The maximum Gasteiger partial charge on any atom is 0.225 e. The molecule has 0 fully saturated rings. The molecular weight excluding hydrogens is 885 g/mol. The largest absolute Gasteiger partial charge is 0.330 e. The van der Waals surface area contributed by atoms with Crippen molar-refractivity contribution in [2.75, 3.05) is 65.8 Å². The molecular formula is C49H57Cl2N7O8. The van der Waals surface area contributed by atoms with Crippen LogP contribution in [-0.4, -0.2) is 91.2 Å². The predicted octanol–water partition coefficient (Wildman–Crippen LogP) is 7.07. The molecule has 17 heteroatoms. The Morgan fingerprint density at radius 1 is 0.409 bits per heavy atom. The van der Waals surface area contributed by atoms with E-state index in [0.717, 1.165) is 38.9 Å². The summed E-state index contributed by atoms with van der Waals surface area (Å²) in [6, 6.07) is 18.6. The Kier molecular flexibility index (Phi) is 21.3. The molecule has 0 unspecified atom stereocenters. The van der Waals surface area contributed by atoms with Crippen molar-refractivity contribution in [1.29, 1.82) is 0 Å². The number of carbonyl (C=O) groups excluding carboxylic acids is 8. The van der Waals surface area contributed by atoms with Gasteiger partial charge in [-0.15, -0.1) is 23.2 Å². The predicted molar refractivity (Wildman–Crippen MR) is 260 cm³/mol. The summed E-state index contributed by atoms with van der Waals surface area (Å²) in [5.74, 6) is -1.76. The van der Waals surface area contributed by atoms with Gasteiger partial charge >= 0.3 is 0 Å². The smallest absolute Gasteiger partial charge is 0.225 e. The van der Waals surface area contributed by atoms with E-state index < -0.39 is 0 Å². The summed E-state index contributed by atoms with van der Waals surface area (Å²) in [5, 5.41) is 17.2. The molecule has 66 heavy (non-hydrogen) atoms. The molecule has 4 aromatic rings. The minimum absolute atomic E-state index is 0.139. The number of ketones is 4. The average molecular weight is 943 g/mol. The Bertz CT molecular complexity index is 2280. The summed E-state index contributed by atoms with van der Waals surface area (Å²) >= 11 is 11.1. The fraction of sp³-hybridized carbons (Fsp3) is 0.347. The molecule has 2 aliphatic rings. The van der Waals surface area contributed by atoms with Gasteiger partial charge in [0.05, 0.1) is 0 Å². The monoisotopic (exact) mass is 941 g/mol. The Balaban J connectivity index is 0.000000271. The number of carbonyl (C=O) groups is 8. The lowest BCUT2D eigenvalue weighted by Crippen LogP contribution is -2.24. The first-order valence-electron chi connectivity index (χ1n) is 22.0. The van der Waals surface area contributed by atoms with Crippen LogP contribution in [0.1, 0.15) is 129 Å². The fourth-order valence-electron chi connectivity index (χ4n) is 6.68. The minimum Gasteiger partial charge on any atom is -0.330 e. The summed E-state index contributed by atoms with van der Waals surface area (Å²) in [5.41, 5.74) is 8.81. The number of rotatable bonds is 19. The molecule has 4 amide bonds. The number of nitrogens with two attached hydrogens (primary N) is 1. The van der Waals surface area contributed by atoms with Crippen molar-refractivity contribution >= 4 is 92.7 Å². The molecule has 0 aromatic heterocycles. The van der Waals surface area contributed by atoms with Crippen molar-refractivity contribution in [3.8, 4) is 0 Å². The zero-order valence-electron chi connectivity index (χ0n) is 37.4. The summed E-state index contributed by atoms with van der Waals surface area (Å²) in [6.07, 6.45) is 3.98. The number of nitrogens with one attached hydrogen (secondary N) is 6. The van der Waals surface area contributed by atoms with Crippen molar-refractivity contribution in [3.63, 3.8) is 0 Å². The van der Waals surface area contributed by atoms with Gasteiger partial charge < -0.3 is 37.6 Å². The van der Waals surface area contributed by atoms with Gasteiger partial charge in [0, 0.05) is 118 Å². The Labute approximate surface area is 394 Å². The maximum atomic E-state index is 13.2. The second-order valence-corrected chi connectivity index (χ2v) is 16.0. The molecule has 0 aliphatic heterocycles. The van der Waals surface area contributed by atoms with E-state index in [1.54, 1.807) is 48.5 Å². The van der Waals surface area contributed by atoms with E-state index in [1.165, 1.54) is 24.3 Å². The number of halogens is 2. The van der Waals surface area contributed by atoms with E-state index in [2.05, 4.69) is 52.7 Å². The van der Waals surface area contributed by atoms with Crippen LogP contribution in [0.3, 0.4) is 0 Å². The van der Waals surface area contributed by atoms with Gasteiger partial charge in [0.2, 0.25) is 23.6 Å². The summed E-state index contributed by atoms with van der Waals surface area (Å²) < 4.78 is 0. The van der Waals surface area contributed by atoms with Gasteiger partial charge in [-0.2, -0.15) is 0 Å². The third-order valence-corrected chi connectivity index (χ3v) is 10.4. The second-order valence-electron chi connectivity index (χ2n) is 15.2. The van der Waals surface area contributed by atoms with E-state index in [4.69, 9.17) is 28.9 Å². The van der Waals surface area contributed by atoms with Gasteiger partial charge in [0.25, 0.3) is 0 Å². The Hall–Kier alpha value is -6.10. The van der Waals surface area contributed by atoms with Gasteiger partial charge in [-0.05, 0) is 112 Å². The molecule has 0 saturated heterocycles. The molecule has 4 aromatic carbocycles. The second kappa shape index (κ2) is 26.8. The zero-order chi connectivity index (χ0) is 48.2. The molecule has 0 heterocycles. The van der Waals surface area contributed by atoms with Crippen LogP contribution in [0, 0.1) is 0 Å². The first-order chi connectivity index (χ1) is 31.8. The SMILES string of the molecule is CCCN.CCCNCCC(=O)Nc1ccc2c(c1)C(=O)c1cc(NC(=O)CCNCCC)ccc1C2=O.O=C(CCCl)Nc1ccc2c(c1)C(=O)c1cc(NC(=O)CCCl)ccc1C2=O. The lowest BCUT2D eigenvalue weighted by atomic mass is 9.83. The number of hydrogen-bond donors (Lipinski definition) is 7. The van der Waals surface area contributed by atoms with Crippen LogP contribution in [-0.2, 0) is 19.2 Å².